The van der Waals surface area contributed by atoms with E-state index in [-0.39, 0.29) is 35.4 Å². The lowest BCUT2D eigenvalue weighted by molar-refractivity contribution is -0.129. The second kappa shape index (κ2) is 9.49. The lowest BCUT2D eigenvalue weighted by Crippen LogP contribution is -2.47. The van der Waals surface area contributed by atoms with Gasteiger partial charge < -0.3 is 9.64 Å². The number of methoxy groups -OCH3 is 1. The summed E-state index contributed by atoms with van der Waals surface area (Å²) >= 11 is 0. The maximum Gasteiger partial charge on any atom is 0.338 e. The number of esters is 1. The third kappa shape index (κ3) is 4.05. The van der Waals surface area contributed by atoms with E-state index in [1.807, 2.05) is 47.4 Å². The zero-order chi connectivity index (χ0) is 24.4. The molecule has 0 bridgehead atoms. The minimum Gasteiger partial charge on any atom is -0.465 e. The lowest BCUT2D eigenvalue weighted by atomic mass is 9.56. The monoisotopic (exact) mass is 467 g/mol. The molecule has 35 heavy (non-hydrogen) atoms. The van der Waals surface area contributed by atoms with Crippen molar-refractivity contribution in [1.29, 1.82) is 0 Å². The Morgan fingerprint density at radius 3 is 2.11 bits per heavy atom. The van der Waals surface area contributed by atoms with Gasteiger partial charge in [0.2, 0.25) is 5.91 Å². The summed E-state index contributed by atoms with van der Waals surface area (Å²) in [5, 5.41) is 0. The van der Waals surface area contributed by atoms with Gasteiger partial charge >= 0.3 is 5.97 Å². The largest absolute Gasteiger partial charge is 0.465 e. The number of carbonyl (C=O) groups excluding carboxylic acids is 3. The van der Waals surface area contributed by atoms with Gasteiger partial charge in [-0.15, -0.1) is 0 Å². The Morgan fingerprint density at radius 1 is 0.886 bits per heavy atom. The van der Waals surface area contributed by atoms with Crippen LogP contribution in [0.5, 0.6) is 0 Å². The average Bonchev–Trinajstić information content (AvgIpc) is 3.37. The molecule has 1 saturated carbocycles. The van der Waals surface area contributed by atoms with Crippen LogP contribution in [0.25, 0.3) is 0 Å². The van der Waals surface area contributed by atoms with E-state index in [4.69, 9.17) is 4.74 Å². The molecule has 1 aliphatic carbocycles. The topological polar surface area (TPSA) is 63.7 Å². The number of ether oxygens (including phenoxy) is 1. The standard InChI is InChI=1S/C30H29NO4/c1-35-29(34)24-15-9-8-10-21(24)18-28(33)31-19-25-26(20-31)30(17-16-27(25)32,22-11-4-2-5-12-22)23-13-6-3-7-14-23/h2-15,25-26H,16-20H2,1H3. The van der Waals surface area contributed by atoms with Gasteiger partial charge in [0.05, 0.1) is 19.1 Å². The molecule has 1 amide bonds. The van der Waals surface area contributed by atoms with E-state index in [2.05, 4.69) is 24.3 Å². The molecule has 2 atom stereocenters. The fourth-order valence-electron chi connectivity index (χ4n) is 6.14. The van der Waals surface area contributed by atoms with Gasteiger partial charge in [-0.2, -0.15) is 0 Å². The lowest BCUT2D eigenvalue weighted by Gasteiger charge is -2.45. The van der Waals surface area contributed by atoms with E-state index in [0.717, 1.165) is 6.42 Å². The second-order valence-corrected chi connectivity index (χ2v) is 9.51. The Bertz CT molecular complexity index is 1200. The molecular weight excluding hydrogens is 438 g/mol. The van der Waals surface area contributed by atoms with Crippen molar-refractivity contribution >= 4 is 17.7 Å². The summed E-state index contributed by atoms with van der Waals surface area (Å²) in [5.41, 5.74) is 3.10. The van der Waals surface area contributed by atoms with Gasteiger partial charge in [0.1, 0.15) is 5.78 Å². The highest BCUT2D eigenvalue weighted by Crippen LogP contribution is 2.52. The third-order valence-electron chi connectivity index (χ3n) is 7.83. The number of carbonyl (C=O) groups is 3. The van der Waals surface area contributed by atoms with Crippen LogP contribution >= 0.6 is 0 Å². The van der Waals surface area contributed by atoms with E-state index in [1.54, 1.807) is 18.2 Å². The van der Waals surface area contributed by atoms with Gasteiger partial charge in [0, 0.05) is 36.8 Å². The SMILES string of the molecule is COC(=O)c1ccccc1CC(=O)N1CC2C(=O)CCC(c3ccccc3)(c3ccccc3)C2C1. The van der Waals surface area contributed by atoms with Gasteiger partial charge in [-0.3, -0.25) is 9.59 Å². The first-order chi connectivity index (χ1) is 17.0. The van der Waals surface area contributed by atoms with Gasteiger partial charge in [-0.1, -0.05) is 78.9 Å². The molecule has 0 N–H and O–H groups in total. The van der Waals surface area contributed by atoms with E-state index in [0.29, 0.717) is 30.6 Å². The van der Waals surface area contributed by atoms with Crippen LogP contribution in [0, 0.1) is 11.8 Å². The van der Waals surface area contributed by atoms with E-state index in [9.17, 15) is 14.4 Å². The Morgan fingerprint density at radius 2 is 1.49 bits per heavy atom. The normalized spacial score (nSPS) is 20.8. The Hall–Kier alpha value is -3.73. The fraction of sp³-hybridized carbons (Fsp3) is 0.300. The summed E-state index contributed by atoms with van der Waals surface area (Å²) in [4.78, 5) is 40.6. The van der Waals surface area contributed by atoms with Crippen molar-refractivity contribution in [2.75, 3.05) is 20.2 Å². The summed E-state index contributed by atoms with van der Waals surface area (Å²) in [6, 6.07) is 27.9. The van der Waals surface area contributed by atoms with Crippen LogP contribution in [0.1, 0.15) is 39.9 Å². The molecule has 3 aromatic carbocycles. The molecular formula is C30H29NO4. The van der Waals surface area contributed by atoms with Crippen molar-refractivity contribution in [3.05, 3.63) is 107 Å². The number of fused-ring (bicyclic) bond motifs is 1. The maximum absolute atomic E-state index is 13.5. The Kier molecular flexibility index (Phi) is 6.25. The molecule has 5 nitrogen and oxygen atoms in total. The van der Waals surface area contributed by atoms with Crippen LogP contribution < -0.4 is 0 Å². The summed E-state index contributed by atoms with van der Waals surface area (Å²) in [5.74, 6) is -0.496. The summed E-state index contributed by atoms with van der Waals surface area (Å²) in [6.07, 6.45) is 1.33. The first kappa shape index (κ1) is 23.0. The number of Topliss-reactive ketones (excluding diaryl/α,β-unsaturated/α-hetero) is 1. The molecule has 178 valence electrons. The molecule has 5 heteroatoms. The van der Waals surface area contributed by atoms with Gasteiger partial charge in [0.25, 0.3) is 0 Å². The highest BCUT2D eigenvalue weighted by molar-refractivity contribution is 5.93. The van der Waals surface area contributed by atoms with Crippen molar-refractivity contribution < 1.29 is 19.1 Å². The molecule has 0 aromatic heterocycles. The Labute approximate surface area is 205 Å². The number of benzene rings is 3. The van der Waals surface area contributed by atoms with Gasteiger partial charge in [0.15, 0.2) is 0 Å². The van der Waals surface area contributed by atoms with Crippen molar-refractivity contribution in [1.82, 2.24) is 4.90 Å². The van der Waals surface area contributed by atoms with Gasteiger partial charge in [-0.05, 0) is 29.2 Å². The minimum atomic E-state index is -0.453. The number of amides is 1. The van der Waals surface area contributed by atoms with Crippen molar-refractivity contribution in [3.8, 4) is 0 Å². The molecule has 1 saturated heterocycles. The van der Waals surface area contributed by atoms with Crippen LogP contribution in [0.2, 0.25) is 0 Å². The third-order valence-corrected chi connectivity index (χ3v) is 7.83. The van der Waals surface area contributed by atoms with Crippen LogP contribution in [0.3, 0.4) is 0 Å². The molecule has 0 spiro atoms. The molecule has 0 radical (unpaired) electrons. The summed E-state index contributed by atoms with van der Waals surface area (Å²) < 4.78 is 4.89. The van der Waals surface area contributed by atoms with Gasteiger partial charge in [-0.25, -0.2) is 4.79 Å². The van der Waals surface area contributed by atoms with Crippen LogP contribution in [0.15, 0.2) is 84.9 Å². The molecule has 2 aliphatic rings. The molecule has 2 fully saturated rings. The van der Waals surface area contributed by atoms with E-state index >= 15 is 0 Å². The van der Waals surface area contributed by atoms with Crippen molar-refractivity contribution in [3.63, 3.8) is 0 Å². The van der Waals surface area contributed by atoms with Crippen LogP contribution in [0.4, 0.5) is 0 Å². The fourth-order valence-corrected chi connectivity index (χ4v) is 6.14. The number of hydrogen-bond acceptors (Lipinski definition) is 4. The average molecular weight is 468 g/mol. The molecule has 3 aromatic rings. The highest BCUT2D eigenvalue weighted by Gasteiger charge is 2.55. The smallest absolute Gasteiger partial charge is 0.338 e. The van der Waals surface area contributed by atoms with E-state index < -0.39 is 5.97 Å². The van der Waals surface area contributed by atoms with Crippen LogP contribution in [-0.4, -0.2) is 42.8 Å². The first-order valence-corrected chi connectivity index (χ1v) is 12.1. The van der Waals surface area contributed by atoms with Crippen LogP contribution in [-0.2, 0) is 26.2 Å². The highest BCUT2D eigenvalue weighted by atomic mass is 16.5. The van der Waals surface area contributed by atoms with E-state index in [1.165, 1.54) is 18.2 Å². The zero-order valence-electron chi connectivity index (χ0n) is 19.9. The number of likely N-dealkylation sites (tertiary alicyclic amines) is 1. The zero-order valence-corrected chi connectivity index (χ0v) is 19.9. The van der Waals surface area contributed by atoms with Crippen molar-refractivity contribution in [2.45, 2.75) is 24.7 Å². The predicted molar refractivity (Wildman–Crippen MR) is 133 cm³/mol. The molecule has 2 unspecified atom stereocenters. The first-order valence-electron chi connectivity index (χ1n) is 12.1. The second-order valence-electron chi connectivity index (χ2n) is 9.51. The number of rotatable bonds is 5. The number of hydrogen-bond donors (Lipinski definition) is 0. The number of nitrogens with zero attached hydrogens (tertiary/aromatic N) is 1. The summed E-state index contributed by atoms with van der Waals surface area (Å²) in [6.45, 7) is 0.934. The molecule has 1 heterocycles. The quantitative estimate of drug-likeness (QED) is 0.521. The van der Waals surface area contributed by atoms with Crippen molar-refractivity contribution in [2.24, 2.45) is 11.8 Å². The Balaban J connectivity index is 1.49. The molecule has 1 aliphatic heterocycles. The maximum atomic E-state index is 13.5. The minimum absolute atomic E-state index is 0.00616. The molecule has 5 rings (SSSR count). The number of ketones is 1. The predicted octanol–water partition coefficient (Wildman–Crippen LogP) is 4.44. The summed E-state index contributed by atoms with van der Waals surface area (Å²) in [7, 11) is 1.34.